The van der Waals surface area contributed by atoms with Crippen molar-refractivity contribution < 1.29 is 9.90 Å². The average Bonchev–Trinajstić information content (AvgIpc) is 2.76. The highest BCUT2D eigenvalue weighted by molar-refractivity contribution is 6.05. The molecule has 0 spiro atoms. The molecule has 3 aromatic carbocycles. The fourth-order valence-corrected chi connectivity index (χ4v) is 3.12. The largest absolute Gasteiger partial charge is 0.545 e. The molecule has 5 nitrogen and oxygen atoms in total. The fourth-order valence-electron chi connectivity index (χ4n) is 3.12. The summed E-state index contributed by atoms with van der Waals surface area (Å²) in [6.45, 7) is 0. The molecule has 1 heterocycles. The molecular weight excluding hydrogens is 330 g/mol. The summed E-state index contributed by atoms with van der Waals surface area (Å²) in [5.74, 6) is -1.32. The van der Waals surface area contributed by atoms with Gasteiger partial charge in [-0.15, -0.1) is 0 Å². The molecule has 0 amide bonds. The van der Waals surface area contributed by atoms with Crippen molar-refractivity contribution in [2.75, 3.05) is 0 Å². The van der Waals surface area contributed by atoms with Gasteiger partial charge in [-0.3, -0.25) is 9.59 Å². The van der Waals surface area contributed by atoms with E-state index in [0.29, 0.717) is 27.2 Å². The molecule has 0 fully saturated rings. The van der Waals surface area contributed by atoms with Crippen molar-refractivity contribution in [3.63, 3.8) is 0 Å². The zero-order valence-corrected chi connectivity index (χ0v) is 13.5. The van der Waals surface area contributed by atoms with Gasteiger partial charge in [0.15, 0.2) is 0 Å². The number of rotatable bonds is 2. The lowest BCUT2D eigenvalue weighted by atomic mass is 10.1. The van der Waals surface area contributed by atoms with Crippen molar-refractivity contribution in [1.82, 2.24) is 4.57 Å². The van der Waals surface area contributed by atoms with Crippen molar-refractivity contribution in [1.29, 1.82) is 0 Å². The maximum absolute atomic E-state index is 13.1. The van der Waals surface area contributed by atoms with Gasteiger partial charge in [-0.25, -0.2) is 4.57 Å². The Balaban J connectivity index is 2.20. The zero-order valence-electron chi connectivity index (χ0n) is 13.5. The van der Waals surface area contributed by atoms with E-state index in [0.717, 1.165) is 4.57 Å². The minimum atomic E-state index is -1.32. The number of carbonyl (C=O) groups is 1. The van der Waals surface area contributed by atoms with Crippen LogP contribution in [0.15, 0.2) is 82.4 Å². The van der Waals surface area contributed by atoms with Crippen molar-refractivity contribution in [2.45, 2.75) is 0 Å². The molecule has 4 aromatic rings. The molecule has 0 aliphatic rings. The summed E-state index contributed by atoms with van der Waals surface area (Å²) >= 11 is 0. The second-order valence-electron chi connectivity index (χ2n) is 5.87. The van der Waals surface area contributed by atoms with Crippen LogP contribution < -0.4 is 16.2 Å². The van der Waals surface area contributed by atoms with Gasteiger partial charge in [0, 0.05) is 10.8 Å². The van der Waals surface area contributed by atoms with Crippen molar-refractivity contribution in [3.8, 4) is 5.69 Å². The van der Waals surface area contributed by atoms with Gasteiger partial charge < -0.3 is 9.90 Å². The van der Waals surface area contributed by atoms with E-state index in [-0.39, 0.29) is 5.56 Å². The molecular formula is C21H12NO4-. The topological polar surface area (TPSA) is 79.2 Å². The fraction of sp³-hybridized carbons (Fsp3) is 0. The van der Waals surface area contributed by atoms with E-state index in [2.05, 4.69) is 0 Å². The predicted molar refractivity (Wildman–Crippen MR) is 97.7 cm³/mol. The van der Waals surface area contributed by atoms with Crippen molar-refractivity contribution in [2.24, 2.45) is 0 Å². The number of carbonyl (C=O) groups excluding carboxylic acids is 1. The van der Waals surface area contributed by atoms with Crippen LogP contribution in [0.1, 0.15) is 10.4 Å². The van der Waals surface area contributed by atoms with E-state index >= 15 is 0 Å². The highest BCUT2D eigenvalue weighted by Crippen LogP contribution is 2.20. The Kier molecular flexibility index (Phi) is 3.62. The number of carboxylic acid groups (broad SMARTS) is 1. The van der Waals surface area contributed by atoms with Crippen molar-refractivity contribution in [3.05, 3.63) is 99.1 Å². The normalized spacial score (nSPS) is 10.9. The number of aromatic nitrogens is 1. The van der Waals surface area contributed by atoms with Gasteiger partial charge in [0.25, 0.3) is 11.1 Å². The Morgan fingerprint density at radius 1 is 0.654 bits per heavy atom. The van der Waals surface area contributed by atoms with E-state index in [9.17, 15) is 19.5 Å². The summed E-state index contributed by atoms with van der Waals surface area (Å²) in [6.07, 6.45) is 0. The molecule has 126 valence electrons. The van der Waals surface area contributed by atoms with Gasteiger partial charge in [0.05, 0.1) is 11.7 Å². The molecule has 0 bridgehead atoms. The first kappa shape index (κ1) is 15.8. The number of hydrogen-bond donors (Lipinski definition) is 0. The third-order valence-electron chi connectivity index (χ3n) is 4.37. The Morgan fingerprint density at radius 2 is 1.08 bits per heavy atom. The van der Waals surface area contributed by atoms with Crippen LogP contribution in [-0.2, 0) is 0 Å². The second kappa shape index (κ2) is 5.97. The maximum atomic E-state index is 13.1. The van der Waals surface area contributed by atoms with Crippen molar-refractivity contribution >= 4 is 27.5 Å². The van der Waals surface area contributed by atoms with Gasteiger partial charge in [0.2, 0.25) is 0 Å². The molecule has 0 saturated heterocycles. The number of carboxylic acids is 1. The summed E-state index contributed by atoms with van der Waals surface area (Å²) < 4.78 is 1.07. The lowest BCUT2D eigenvalue weighted by Crippen LogP contribution is -2.28. The Morgan fingerprint density at radius 3 is 1.50 bits per heavy atom. The molecule has 26 heavy (non-hydrogen) atoms. The quantitative estimate of drug-likeness (QED) is 0.557. The van der Waals surface area contributed by atoms with Crippen LogP contribution in [-0.4, -0.2) is 10.5 Å². The van der Waals surface area contributed by atoms with Crippen LogP contribution in [0.2, 0.25) is 0 Å². The van der Waals surface area contributed by atoms with Crippen LogP contribution in [0.5, 0.6) is 0 Å². The number of fused-ring (bicyclic) bond motifs is 3. The van der Waals surface area contributed by atoms with E-state index in [4.69, 9.17) is 0 Å². The van der Waals surface area contributed by atoms with Gasteiger partial charge in [-0.1, -0.05) is 48.5 Å². The first-order valence-corrected chi connectivity index (χ1v) is 7.96. The standard InChI is InChI=1S/C21H13NO4/c23-19-17-7-3-1-5-15(17)16-6-2-4-8-18(16)20(24)22(19)14-11-9-13(10-12-14)21(25)26/h1-12H,(H,25,26)/p-1. The SMILES string of the molecule is O=C([O-])c1ccc(-n2c(=O)c3ccccc3c3ccccc3c2=O)cc1. The molecule has 0 saturated carbocycles. The summed E-state index contributed by atoms with van der Waals surface area (Å²) in [6, 6.07) is 19.6. The van der Waals surface area contributed by atoms with Crippen LogP contribution in [0.25, 0.3) is 27.2 Å². The third-order valence-corrected chi connectivity index (χ3v) is 4.37. The monoisotopic (exact) mass is 342 g/mol. The van der Waals surface area contributed by atoms with Crippen LogP contribution in [0.3, 0.4) is 0 Å². The first-order valence-electron chi connectivity index (χ1n) is 7.96. The number of aromatic carboxylic acids is 1. The Hall–Kier alpha value is -3.73. The minimum absolute atomic E-state index is 0.0238. The molecule has 0 atom stereocenters. The average molecular weight is 342 g/mol. The second-order valence-corrected chi connectivity index (χ2v) is 5.87. The van der Waals surface area contributed by atoms with E-state index in [1.807, 2.05) is 24.3 Å². The minimum Gasteiger partial charge on any atom is -0.545 e. The van der Waals surface area contributed by atoms with Gasteiger partial charge in [-0.2, -0.15) is 0 Å². The van der Waals surface area contributed by atoms with Gasteiger partial charge >= 0.3 is 0 Å². The Bertz CT molecular complexity index is 1220. The number of benzene rings is 3. The summed E-state index contributed by atoms with van der Waals surface area (Å²) in [5.41, 5.74) is -0.633. The molecule has 0 aliphatic heterocycles. The van der Waals surface area contributed by atoms with E-state index < -0.39 is 17.1 Å². The van der Waals surface area contributed by atoms with Gasteiger partial charge in [0.1, 0.15) is 0 Å². The summed E-state index contributed by atoms with van der Waals surface area (Å²) in [5, 5.41) is 13.1. The smallest absolute Gasteiger partial charge is 0.265 e. The summed E-state index contributed by atoms with van der Waals surface area (Å²) in [7, 11) is 0. The number of hydrogen-bond acceptors (Lipinski definition) is 4. The molecule has 1 aromatic heterocycles. The molecule has 0 unspecified atom stereocenters. The van der Waals surface area contributed by atoms with Crippen LogP contribution in [0, 0.1) is 0 Å². The summed E-state index contributed by atoms with van der Waals surface area (Å²) in [4.78, 5) is 37.2. The molecule has 4 rings (SSSR count). The first-order chi connectivity index (χ1) is 12.6. The van der Waals surface area contributed by atoms with Crippen LogP contribution in [0.4, 0.5) is 0 Å². The zero-order chi connectivity index (χ0) is 18.3. The van der Waals surface area contributed by atoms with E-state index in [1.54, 1.807) is 24.3 Å². The van der Waals surface area contributed by atoms with Crippen LogP contribution >= 0.6 is 0 Å². The molecule has 0 N–H and O–H groups in total. The van der Waals surface area contributed by atoms with Gasteiger partial charge in [-0.05, 0) is 40.6 Å². The third kappa shape index (κ3) is 2.38. The number of nitrogens with zero attached hydrogens (tertiary/aromatic N) is 1. The molecule has 5 heteroatoms. The lowest BCUT2D eigenvalue weighted by Gasteiger charge is -2.05. The predicted octanol–water partition coefficient (Wildman–Crippen LogP) is 1.87. The maximum Gasteiger partial charge on any atom is 0.265 e. The molecule has 0 radical (unpaired) electrons. The molecule has 0 aliphatic carbocycles. The highest BCUT2D eigenvalue weighted by Gasteiger charge is 2.12. The highest BCUT2D eigenvalue weighted by atomic mass is 16.4. The lowest BCUT2D eigenvalue weighted by molar-refractivity contribution is -0.255. The Labute approximate surface area is 147 Å². The van der Waals surface area contributed by atoms with E-state index in [1.165, 1.54) is 24.3 Å².